The van der Waals surface area contributed by atoms with Gasteiger partial charge in [0.25, 0.3) is 0 Å². The van der Waals surface area contributed by atoms with Crippen LogP contribution in [0.1, 0.15) is 25.6 Å². The number of carbonyl (C=O) groups is 2. The number of aromatic nitrogens is 2. The first kappa shape index (κ1) is 13.9. The molecular weight excluding hydrogens is 240 g/mol. The second kappa shape index (κ2) is 5.48. The van der Waals surface area contributed by atoms with Crippen molar-refractivity contribution in [3.05, 3.63) is 11.7 Å². The van der Waals surface area contributed by atoms with E-state index in [0.29, 0.717) is 11.7 Å². The minimum Gasteiger partial charge on any atom is -0.481 e. The smallest absolute Gasteiger partial charge is 0.315 e. The summed E-state index contributed by atoms with van der Waals surface area (Å²) in [5, 5.41) is 17.4. The van der Waals surface area contributed by atoms with Crippen molar-refractivity contribution < 1.29 is 19.2 Å². The molecule has 0 aliphatic heterocycles. The molecule has 1 rings (SSSR count). The molecule has 0 saturated carbocycles. The summed E-state index contributed by atoms with van der Waals surface area (Å²) in [6, 6.07) is -0.486. The van der Waals surface area contributed by atoms with Gasteiger partial charge in [0.1, 0.15) is 0 Å². The minimum atomic E-state index is -1.02. The summed E-state index contributed by atoms with van der Waals surface area (Å²) in [5.41, 5.74) is -1.02. The SMILES string of the molecule is Cc1noc(CNC(=O)NCC(C)(C)C(=O)O)n1. The van der Waals surface area contributed by atoms with Gasteiger partial charge in [-0.05, 0) is 20.8 Å². The molecule has 0 bridgehead atoms. The molecule has 1 heterocycles. The Kier molecular flexibility index (Phi) is 4.24. The summed E-state index contributed by atoms with van der Waals surface area (Å²) < 4.78 is 4.80. The van der Waals surface area contributed by atoms with Gasteiger partial charge in [-0.3, -0.25) is 4.79 Å². The number of aryl methyl sites for hydroxylation is 1. The van der Waals surface area contributed by atoms with Gasteiger partial charge in [-0.2, -0.15) is 4.98 Å². The van der Waals surface area contributed by atoms with Gasteiger partial charge in [0.05, 0.1) is 12.0 Å². The maximum Gasteiger partial charge on any atom is 0.315 e. The van der Waals surface area contributed by atoms with Gasteiger partial charge in [0.2, 0.25) is 5.89 Å². The zero-order valence-corrected chi connectivity index (χ0v) is 10.5. The molecule has 8 heteroatoms. The highest BCUT2D eigenvalue weighted by molar-refractivity contribution is 5.77. The third kappa shape index (κ3) is 4.04. The lowest BCUT2D eigenvalue weighted by atomic mass is 9.94. The Morgan fingerprint density at radius 1 is 1.39 bits per heavy atom. The monoisotopic (exact) mass is 256 g/mol. The van der Waals surface area contributed by atoms with E-state index in [1.54, 1.807) is 6.92 Å². The Morgan fingerprint density at radius 2 is 2.06 bits per heavy atom. The summed E-state index contributed by atoms with van der Waals surface area (Å²) in [6.07, 6.45) is 0. The summed E-state index contributed by atoms with van der Waals surface area (Å²) in [4.78, 5) is 26.1. The molecule has 0 atom stereocenters. The maximum atomic E-state index is 11.4. The molecule has 0 spiro atoms. The molecule has 0 aromatic carbocycles. The molecule has 1 aromatic heterocycles. The number of urea groups is 1. The molecule has 0 fully saturated rings. The molecule has 1 aromatic rings. The zero-order valence-electron chi connectivity index (χ0n) is 10.5. The number of amides is 2. The summed E-state index contributed by atoms with van der Waals surface area (Å²) >= 11 is 0. The van der Waals surface area contributed by atoms with Crippen molar-refractivity contribution >= 4 is 12.0 Å². The largest absolute Gasteiger partial charge is 0.481 e. The highest BCUT2D eigenvalue weighted by Crippen LogP contribution is 2.12. The van der Waals surface area contributed by atoms with Gasteiger partial charge >= 0.3 is 12.0 Å². The van der Waals surface area contributed by atoms with Crippen molar-refractivity contribution in [3.8, 4) is 0 Å². The number of rotatable bonds is 5. The molecule has 0 unspecified atom stereocenters. The van der Waals surface area contributed by atoms with Crippen LogP contribution in [0.3, 0.4) is 0 Å². The van der Waals surface area contributed by atoms with Crippen molar-refractivity contribution in [2.75, 3.05) is 6.54 Å². The zero-order chi connectivity index (χ0) is 13.8. The van der Waals surface area contributed by atoms with Gasteiger partial charge < -0.3 is 20.3 Å². The lowest BCUT2D eigenvalue weighted by Crippen LogP contribution is -2.43. The van der Waals surface area contributed by atoms with Gasteiger partial charge in [-0.15, -0.1) is 0 Å². The van der Waals surface area contributed by atoms with Crippen LogP contribution in [-0.2, 0) is 11.3 Å². The van der Waals surface area contributed by atoms with Crippen LogP contribution >= 0.6 is 0 Å². The molecule has 8 nitrogen and oxygen atoms in total. The Morgan fingerprint density at radius 3 is 2.56 bits per heavy atom. The summed E-state index contributed by atoms with van der Waals surface area (Å²) in [6.45, 7) is 4.84. The second-order valence-corrected chi connectivity index (χ2v) is 4.46. The summed E-state index contributed by atoms with van der Waals surface area (Å²) in [5.74, 6) is -0.199. The van der Waals surface area contributed by atoms with Crippen LogP contribution in [0, 0.1) is 12.3 Å². The predicted molar refractivity (Wildman–Crippen MR) is 60.7 cm³/mol. The van der Waals surface area contributed by atoms with Crippen LogP contribution < -0.4 is 10.6 Å². The Hall–Kier alpha value is -2.12. The number of carboxylic acids is 1. The van der Waals surface area contributed by atoms with Gasteiger partial charge in [0, 0.05) is 6.54 Å². The van der Waals surface area contributed by atoms with E-state index in [2.05, 4.69) is 20.8 Å². The van der Waals surface area contributed by atoms with E-state index in [4.69, 9.17) is 9.63 Å². The summed E-state index contributed by atoms with van der Waals surface area (Å²) in [7, 11) is 0. The maximum absolute atomic E-state index is 11.4. The first-order valence-electron chi connectivity index (χ1n) is 5.35. The molecule has 0 saturated heterocycles. The topological polar surface area (TPSA) is 117 Å². The van der Waals surface area contributed by atoms with Crippen LogP contribution in [-0.4, -0.2) is 33.8 Å². The van der Waals surface area contributed by atoms with Crippen LogP contribution in [0.2, 0.25) is 0 Å². The van der Waals surface area contributed by atoms with Gasteiger partial charge in [0.15, 0.2) is 5.82 Å². The van der Waals surface area contributed by atoms with E-state index in [-0.39, 0.29) is 13.1 Å². The van der Waals surface area contributed by atoms with Crippen LogP contribution in [0.5, 0.6) is 0 Å². The number of nitrogens with one attached hydrogen (secondary N) is 2. The quantitative estimate of drug-likeness (QED) is 0.696. The normalized spacial score (nSPS) is 11.1. The minimum absolute atomic E-state index is 0.0248. The van der Waals surface area contributed by atoms with E-state index in [9.17, 15) is 9.59 Å². The van der Waals surface area contributed by atoms with E-state index < -0.39 is 17.4 Å². The van der Waals surface area contributed by atoms with Crippen LogP contribution in [0.4, 0.5) is 4.79 Å². The molecular formula is C10H16N4O4. The molecule has 0 aliphatic rings. The number of hydrogen-bond acceptors (Lipinski definition) is 5. The molecule has 100 valence electrons. The van der Waals surface area contributed by atoms with E-state index in [0.717, 1.165) is 0 Å². The van der Waals surface area contributed by atoms with Crippen molar-refractivity contribution in [1.29, 1.82) is 0 Å². The number of carboxylic acid groups (broad SMARTS) is 1. The van der Waals surface area contributed by atoms with Crippen LogP contribution in [0.25, 0.3) is 0 Å². The van der Waals surface area contributed by atoms with Gasteiger partial charge in [-0.1, -0.05) is 5.16 Å². The average molecular weight is 256 g/mol. The number of carbonyl (C=O) groups excluding carboxylic acids is 1. The average Bonchev–Trinajstić information content (AvgIpc) is 2.69. The second-order valence-electron chi connectivity index (χ2n) is 4.46. The predicted octanol–water partition coefficient (Wildman–Crippen LogP) is 0.288. The highest BCUT2D eigenvalue weighted by Gasteiger charge is 2.27. The van der Waals surface area contributed by atoms with E-state index in [1.807, 2.05) is 0 Å². The molecule has 0 radical (unpaired) electrons. The fourth-order valence-corrected chi connectivity index (χ4v) is 1.01. The lowest BCUT2D eigenvalue weighted by molar-refractivity contribution is -0.146. The van der Waals surface area contributed by atoms with Crippen molar-refractivity contribution in [2.45, 2.75) is 27.3 Å². The highest BCUT2D eigenvalue weighted by atomic mass is 16.5. The van der Waals surface area contributed by atoms with Crippen molar-refractivity contribution in [1.82, 2.24) is 20.8 Å². The van der Waals surface area contributed by atoms with Crippen molar-refractivity contribution in [3.63, 3.8) is 0 Å². The first-order valence-corrected chi connectivity index (χ1v) is 5.35. The van der Waals surface area contributed by atoms with E-state index in [1.165, 1.54) is 13.8 Å². The number of aliphatic carboxylic acids is 1. The van der Waals surface area contributed by atoms with Crippen LogP contribution in [0.15, 0.2) is 4.52 Å². The lowest BCUT2D eigenvalue weighted by Gasteiger charge is -2.19. The fourth-order valence-electron chi connectivity index (χ4n) is 1.01. The Labute approximate surface area is 104 Å². The molecule has 3 N–H and O–H groups in total. The Balaban J connectivity index is 2.32. The molecule has 18 heavy (non-hydrogen) atoms. The van der Waals surface area contributed by atoms with E-state index >= 15 is 0 Å². The standard InChI is InChI=1S/C10H16N4O4/c1-6-13-7(18-14-6)4-11-9(17)12-5-10(2,3)8(15)16/h4-5H2,1-3H3,(H,15,16)(H2,11,12,17). The molecule has 0 aliphatic carbocycles. The fraction of sp³-hybridized carbons (Fsp3) is 0.600. The molecule has 2 amide bonds. The third-order valence-corrected chi connectivity index (χ3v) is 2.24. The third-order valence-electron chi connectivity index (χ3n) is 2.24. The number of hydrogen-bond donors (Lipinski definition) is 3. The number of nitrogens with zero attached hydrogens (tertiary/aromatic N) is 2. The van der Waals surface area contributed by atoms with Gasteiger partial charge in [-0.25, -0.2) is 4.79 Å². The van der Waals surface area contributed by atoms with Crippen molar-refractivity contribution in [2.24, 2.45) is 5.41 Å². The first-order chi connectivity index (χ1) is 8.31. The Bertz CT molecular complexity index is 441.